The molecular formula is C18H23NO3. The van der Waals surface area contributed by atoms with Crippen LogP contribution in [0.5, 0.6) is 11.5 Å². The standard InChI is InChI=1S/C18H23NO3/c1-3-19-9-8-18-7-6-13(20)10-15(18)22-17-14(21-2)5-4-12(11-19)16(17)18/h4-7,13,15,20H,3,8-11H2,1-2H3/t13?,15-,18?/m1/s1. The van der Waals surface area contributed by atoms with E-state index < -0.39 is 6.10 Å². The number of hydrogen-bond acceptors (Lipinski definition) is 4. The van der Waals surface area contributed by atoms with Crippen molar-refractivity contribution in [1.82, 2.24) is 4.90 Å². The van der Waals surface area contributed by atoms with Crippen LogP contribution in [0.1, 0.15) is 30.9 Å². The highest BCUT2D eigenvalue weighted by Crippen LogP contribution is 2.55. The van der Waals surface area contributed by atoms with Gasteiger partial charge in [-0.3, -0.25) is 4.90 Å². The summed E-state index contributed by atoms with van der Waals surface area (Å²) in [7, 11) is 1.69. The third kappa shape index (κ3) is 1.83. The maximum Gasteiger partial charge on any atom is 0.166 e. The van der Waals surface area contributed by atoms with Gasteiger partial charge in [0.2, 0.25) is 0 Å². The molecule has 3 atom stereocenters. The summed E-state index contributed by atoms with van der Waals surface area (Å²) >= 11 is 0. The van der Waals surface area contributed by atoms with Crippen LogP contribution in [0.2, 0.25) is 0 Å². The highest BCUT2D eigenvalue weighted by atomic mass is 16.5. The minimum atomic E-state index is -0.412. The van der Waals surface area contributed by atoms with Crippen molar-refractivity contribution in [3.63, 3.8) is 0 Å². The van der Waals surface area contributed by atoms with Gasteiger partial charge in [0.1, 0.15) is 6.10 Å². The lowest BCUT2D eigenvalue weighted by atomic mass is 9.69. The van der Waals surface area contributed by atoms with E-state index >= 15 is 0 Å². The van der Waals surface area contributed by atoms with Gasteiger partial charge in [0.05, 0.1) is 18.6 Å². The van der Waals surface area contributed by atoms with Crippen LogP contribution in [0.25, 0.3) is 0 Å². The van der Waals surface area contributed by atoms with Gasteiger partial charge < -0.3 is 14.6 Å². The van der Waals surface area contributed by atoms with Crippen LogP contribution in [-0.4, -0.2) is 42.4 Å². The summed E-state index contributed by atoms with van der Waals surface area (Å²) in [5.41, 5.74) is 2.51. The van der Waals surface area contributed by atoms with Crippen LogP contribution in [0.15, 0.2) is 24.3 Å². The van der Waals surface area contributed by atoms with Crippen LogP contribution < -0.4 is 9.47 Å². The van der Waals surface area contributed by atoms with E-state index in [0.29, 0.717) is 6.42 Å². The topological polar surface area (TPSA) is 41.9 Å². The van der Waals surface area contributed by atoms with Crippen molar-refractivity contribution in [3.05, 3.63) is 35.4 Å². The zero-order valence-electron chi connectivity index (χ0n) is 13.2. The molecule has 0 amide bonds. The van der Waals surface area contributed by atoms with E-state index in [0.717, 1.165) is 37.6 Å². The molecule has 0 saturated heterocycles. The minimum absolute atomic E-state index is 0.00866. The van der Waals surface area contributed by atoms with Crippen molar-refractivity contribution in [2.45, 2.75) is 43.9 Å². The molecule has 2 heterocycles. The minimum Gasteiger partial charge on any atom is -0.493 e. The van der Waals surface area contributed by atoms with Gasteiger partial charge in [-0.25, -0.2) is 0 Å². The van der Waals surface area contributed by atoms with Gasteiger partial charge in [0.15, 0.2) is 11.5 Å². The second-order valence-electron chi connectivity index (χ2n) is 6.56. The van der Waals surface area contributed by atoms with E-state index in [1.807, 2.05) is 12.1 Å². The predicted molar refractivity (Wildman–Crippen MR) is 84.4 cm³/mol. The van der Waals surface area contributed by atoms with Crippen molar-refractivity contribution in [2.24, 2.45) is 0 Å². The number of rotatable bonds is 2. The lowest BCUT2D eigenvalue weighted by Gasteiger charge is -2.35. The molecule has 1 spiro atoms. The van der Waals surface area contributed by atoms with E-state index in [1.54, 1.807) is 7.11 Å². The summed E-state index contributed by atoms with van der Waals surface area (Å²) in [6.07, 6.45) is 5.42. The van der Waals surface area contributed by atoms with Crippen molar-refractivity contribution in [3.8, 4) is 11.5 Å². The molecule has 4 heteroatoms. The Morgan fingerprint density at radius 2 is 2.32 bits per heavy atom. The molecule has 2 unspecified atom stereocenters. The Labute approximate surface area is 131 Å². The molecule has 1 aliphatic carbocycles. The highest BCUT2D eigenvalue weighted by Gasteiger charge is 2.52. The van der Waals surface area contributed by atoms with E-state index in [1.165, 1.54) is 11.1 Å². The number of hydrogen-bond donors (Lipinski definition) is 1. The lowest BCUT2D eigenvalue weighted by Crippen LogP contribution is -2.43. The van der Waals surface area contributed by atoms with Crippen molar-refractivity contribution < 1.29 is 14.6 Å². The Hall–Kier alpha value is -1.52. The zero-order valence-corrected chi connectivity index (χ0v) is 13.2. The number of ether oxygens (including phenoxy) is 2. The lowest BCUT2D eigenvalue weighted by molar-refractivity contribution is 0.0813. The van der Waals surface area contributed by atoms with Crippen LogP contribution in [0, 0.1) is 0 Å². The molecule has 1 aromatic carbocycles. The molecule has 0 aromatic heterocycles. The van der Waals surface area contributed by atoms with Gasteiger partial charge in [-0.2, -0.15) is 0 Å². The maximum atomic E-state index is 10.0. The molecule has 1 N–H and O–H groups in total. The van der Waals surface area contributed by atoms with Crippen molar-refractivity contribution >= 4 is 0 Å². The SMILES string of the molecule is CCN1CCC23C=CC(O)C[C@H]2Oc2c(OC)ccc(c23)C1. The van der Waals surface area contributed by atoms with E-state index in [9.17, 15) is 5.11 Å². The second kappa shape index (κ2) is 5.00. The molecule has 0 radical (unpaired) electrons. The first-order valence-electron chi connectivity index (χ1n) is 8.14. The molecule has 0 saturated carbocycles. The normalized spacial score (nSPS) is 32.9. The summed E-state index contributed by atoms with van der Waals surface area (Å²) in [5.74, 6) is 1.70. The van der Waals surface area contributed by atoms with Gasteiger partial charge >= 0.3 is 0 Å². The fourth-order valence-corrected chi connectivity index (χ4v) is 4.26. The first kappa shape index (κ1) is 14.1. The highest BCUT2D eigenvalue weighted by molar-refractivity contribution is 5.60. The fourth-order valence-electron chi connectivity index (χ4n) is 4.26. The number of benzene rings is 1. The number of nitrogens with zero attached hydrogens (tertiary/aromatic N) is 1. The Kier molecular flexibility index (Phi) is 3.20. The largest absolute Gasteiger partial charge is 0.493 e. The average Bonchev–Trinajstić information content (AvgIpc) is 2.76. The van der Waals surface area contributed by atoms with Crippen LogP contribution in [-0.2, 0) is 12.0 Å². The zero-order chi connectivity index (χ0) is 15.3. The molecule has 4 nitrogen and oxygen atoms in total. The number of methoxy groups -OCH3 is 1. The third-order valence-corrected chi connectivity index (χ3v) is 5.48. The Balaban J connectivity index is 1.92. The van der Waals surface area contributed by atoms with Crippen molar-refractivity contribution in [2.75, 3.05) is 20.2 Å². The monoisotopic (exact) mass is 301 g/mol. The average molecular weight is 301 g/mol. The van der Waals surface area contributed by atoms with Gasteiger partial charge in [0.25, 0.3) is 0 Å². The summed E-state index contributed by atoms with van der Waals surface area (Å²) in [6.45, 7) is 5.27. The van der Waals surface area contributed by atoms with Gasteiger partial charge in [-0.1, -0.05) is 25.1 Å². The predicted octanol–water partition coefficient (Wildman–Crippen LogP) is 2.24. The Morgan fingerprint density at radius 1 is 1.45 bits per heavy atom. The Bertz CT molecular complexity index is 627. The first-order valence-corrected chi connectivity index (χ1v) is 8.14. The smallest absolute Gasteiger partial charge is 0.166 e. The van der Waals surface area contributed by atoms with Crippen LogP contribution >= 0.6 is 0 Å². The van der Waals surface area contributed by atoms with E-state index in [-0.39, 0.29) is 11.5 Å². The second-order valence-corrected chi connectivity index (χ2v) is 6.56. The van der Waals surface area contributed by atoms with Crippen LogP contribution in [0.4, 0.5) is 0 Å². The van der Waals surface area contributed by atoms with E-state index in [4.69, 9.17) is 9.47 Å². The molecule has 0 bridgehead atoms. The molecule has 1 aromatic rings. The van der Waals surface area contributed by atoms with E-state index in [2.05, 4.69) is 24.0 Å². The molecular weight excluding hydrogens is 278 g/mol. The first-order chi connectivity index (χ1) is 10.7. The maximum absolute atomic E-state index is 10.0. The summed E-state index contributed by atoms with van der Waals surface area (Å²) < 4.78 is 11.8. The number of aliphatic hydroxyl groups excluding tert-OH is 1. The summed E-state index contributed by atoms with van der Waals surface area (Å²) in [6, 6.07) is 4.19. The quantitative estimate of drug-likeness (QED) is 0.851. The third-order valence-electron chi connectivity index (χ3n) is 5.48. The fraction of sp³-hybridized carbons (Fsp3) is 0.556. The molecule has 118 valence electrons. The van der Waals surface area contributed by atoms with Gasteiger partial charge in [-0.05, 0) is 31.1 Å². The van der Waals surface area contributed by atoms with Crippen molar-refractivity contribution in [1.29, 1.82) is 0 Å². The van der Waals surface area contributed by atoms with Gasteiger partial charge in [0, 0.05) is 18.5 Å². The van der Waals surface area contributed by atoms with Crippen LogP contribution in [0.3, 0.4) is 0 Å². The van der Waals surface area contributed by atoms with Gasteiger partial charge in [-0.15, -0.1) is 0 Å². The number of aliphatic hydroxyl groups is 1. The molecule has 0 fully saturated rings. The Morgan fingerprint density at radius 3 is 3.09 bits per heavy atom. The molecule has 4 rings (SSSR count). The molecule has 2 aliphatic heterocycles. The summed E-state index contributed by atoms with van der Waals surface area (Å²) in [4.78, 5) is 2.48. The summed E-state index contributed by atoms with van der Waals surface area (Å²) in [5, 5.41) is 10.0. The molecule has 3 aliphatic rings. The molecule has 22 heavy (non-hydrogen) atoms.